The molecule has 0 unspecified atom stereocenters. The Hall–Kier alpha value is -1.88. The number of benzene rings is 1. The van der Waals surface area contributed by atoms with Gasteiger partial charge >= 0.3 is 0 Å². The predicted molar refractivity (Wildman–Crippen MR) is 77.9 cm³/mol. The minimum Gasteiger partial charge on any atom is -0.399 e. The SMILES string of the molecule is CC(C)(CCO)CNc1ncnc2ccc(N)cc12. The van der Waals surface area contributed by atoms with E-state index in [0.717, 1.165) is 29.7 Å². The van der Waals surface area contributed by atoms with Crippen molar-refractivity contribution in [3.63, 3.8) is 0 Å². The molecule has 19 heavy (non-hydrogen) atoms. The maximum Gasteiger partial charge on any atom is 0.137 e. The van der Waals surface area contributed by atoms with Gasteiger partial charge in [0.2, 0.25) is 0 Å². The molecule has 0 aliphatic heterocycles. The van der Waals surface area contributed by atoms with Crippen LogP contribution in [0.3, 0.4) is 0 Å². The molecular formula is C14H20N4O. The third-order valence-electron chi connectivity index (χ3n) is 3.18. The highest BCUT2D eigenvalue weighted by Gasteiger charge is 2.17. The summed E-state index contributed by atoms with van der Waals surface area (Å²) in [5.74, 6) is 0.781. The van der Waals surface area contributed by atoms with Crippen LogP contribution >= 0.6 is 0 Å². The van der Waals surface area contributed by atoms with Crippen LogP contribution in [0, 0.1) is 5.41 Å². The minimum absolute atomic E-state index is 0.00630. The number of aromatic nitrogens is 2. The summed E-state index contributed by atoms with van der Waals surface area (Å²) in [5, 5.41) is 13.3. The highest BCUT2D eigenvalue weighted by molar-refractivity contribution is 5.91. The Bertz CT molecular complexity index is 568. The van der Waals surface area contributed by atoms with Crippen molar-refractivity contribution in [1.29, 1.82) is 0 Å². The summed E-state index contributed by atoms with van der Waals surface area (Å²) < 4.78 is 0. The number of rotatable bonds is 5. The van der Waals surface area contributed by atoms with E-state index < -0.39 is 0 Å². The zero-order valence-corrected chi connectivity index (χ0v) is 11.3. The molecule has 1 heterocycles. The average molecular weight is 260 g/mol. The number of nitrogens with two attached hydrogens (primary N) is 1. The van der Waals surface area contributed by atoms with E-state index in [9.17, 15) is 0 Å². The molecule has 5 heteroatoms. The molecular weight excluding hydrogens is 240 g/mol. The molecule has 0 bridgehead atoms. The van der Waals surface area contributed by atoms with E-state index in [-0.39, 0.29) is 12.0 Å². The molecule has 0 saturated carbocycles. The molecule has 0 fully saturated rings. The van der Waals surface area contributed by atoms with Gasteiger partial charge in [0.05, 0.1) is 5.52 Å². The summed E-state index contributed by atoms with van der Waals surface area (Å²) in [7, 11) is 0. The number of hydrogen-bond donors (Lipinski definition) is 3. The van der Waals surface area contributed by atoms with Crippen LogP contribution in [-0.4, -0.2) is 28.2 Å². The van der Waals surface area contributed by atoms with E-state index in [1.54, 1.807) is 6.33 Å². The Morgan fingerprint density at radius 1 is 1.32 bits per heavy atom. The van der Waals surface area contributed by atoms with Crippen molar-refractivity contribution in [3.05, 3.63) is 24.5 Å². The predicted octanol–water partition coefficient (Wildman–Crippen LogP) is 2.03. The number of nitrogens with zero attached hydrogens (tertiary/aromatic N) is 2. The van der Waals surface area contributed by atoms with Crippen LogP contribution in [0.5, 0.6) is 0 Å². The first-order valence-electron chi connectivity index (χ1n) is 6.37. The van der Waals surface area contributed by atoms with Gasteiger partial charge in [-0.25, -0.2) is 9.97 Å². The molecule has 5 nitrogen and oxygen atoms in total. The Morgan fingerprint density at radius 2 is 2.11 bits per heavy atom. The minimum atomic E-state index is 0.00630. The number of nitrogens with one attached hydrogen (secondary N) is 1. The first-order valence-corrected chi connectivity index (χ1v) is 6.37. The fourth-order valence-corrected chi connectivity index (χ4v) is 1.93. The molecule has 0 spiro atoms. The quantitative estimate of drug-likeness (QED) is 0.716. The van der Waals surface area contributed by atoms with E-state index in [1.807, 2.05) is 18.2 Å². The summed E-state index contributed by atoms with van der Waals surface area (Å²) in [4.78, 5) is 8.49. The molecule has 4 N–H and O–H groups in total. The molecule has 102 valence electrons. The van der Waals surface area contributed by atoms with Crippen LogP contribution in [0.25, 0.3) is 10.9 Å². The second kappa shape index (κ2) is 5.40. The van der Waals surface area contributed by atoms with Crippen molar-refractivity contribution in [2.75, 3.05) is 24.2 Å². The van der Waals surface area contributed by atoms with Gasteiger partial charge in [0.15, 0.2) is 0 Å². The molecule has 1 aromatic carbocycles. The van der Waals surface area contributed by atoms with E-state index >= 15 is 0 Å². The molecule has 0 radical (unpaired) electrons. The standard InChI is InChI=1S/C14H20N4O/c1-14(2,5-6-19)8-16-13-11-7-10(15)3-4-12(11)17-9-18-13/h3-4,7,9,19H,5-6,8,15H2,1-2H3,(H,16,17,18). The van der Waals surface area contributed by atoms with Crippen LogP contribution in [0.2, 0.25) is 0 Å². The molecule has 2 rings (SSSR count). The lowest BCUT2D eigenvalue weighted by Crippen LogP contribution is -2.24. The van der Waals surface area contributed by atoms with Gasteiger partial charge < -0.3 is 16.2 Å². The topological polar surface area (TPSA) is 84.1 Å². The lowest BCUT2D eigenvalue weighted by molar-refractivity contribution is 0.220. The maximum atomic E-state index is 9.04. The van der Waals surface area contributed by atoms with Crippen molar-refractivity contribution >= 4 is 22.4 Å². The summed E-state index contributed by atoms with van der Waals surface area (Å²) in [6.45, 7) is 5.13. The molecule has 0 amide bonds. The molecule has 0 aliphatic carbocycles. The van der Waals surface area contributed by atoms with Crippen LogP contribution in [0.15, 0.2) is 24.5 Å². The van der Waals surface area contributed by atoms with Gasteiger partial charge in [-0.05, 0) is 30.0 Å². The third-order valence-corrected chi connectivity index (χ3v) is 3.18. The number of aliphatic hydroxyl groups excluding tert-OH is 1. The molecule has 2 aromatic rings. The van der Waals surface area contributed by atoms with E-state index in [1.165, 1.54) is 0 Å². The summed E-state index contributed by atoms with van der Waals surface area (Å²) in [6.07, 6.45) is 2.28. The monoisotopic (exact) mass is 260 g/mol. The second-order valence-electron chi connectivity index (χ2n) is 5.49. The molecule has 1 aromatic heterocycles. The zero-order valence-electron chi connectivity index (χ0n) is 11.3. The van der Waals surface area contributed by atoms with Crippen LogP contribution in [-0.2, 0) is 0 Å². The Kier molecular flexibility index (Phi) is 3.85. The van der Waals surface area contributed by atoms with Gasteiger partial charge in [-0.15, -0.1) is 0 Å². The van der Waals surface area contributed by atoms with Gasteiger partial charge in [0.25, 0.3) is 0 Å². The Balaban J connectivity index is 2.23. The normalized spacial score (nSPS) is 11.7. The van der Waals surface area contributed by atoms with Crippen molar-refractivity contribution in [2.24, 2.45) is 5.41 Å². The van der Waals surface area contributed by atoms with Gasteiger partial charge in [-0.1, -0.05) is 13.8 Å². The van der Waals surface area contributed by atoms with Gasteiger partial charge in [-0.2, -0.15) is 0 Å². The zero-order chi connectivity index (χ0) is 13.9. The fourth-order valence-electron chi connectivity index (χ4n) is 1.93. The van der Waals surface area contributed by atoms with Gasteiger partial charge in [-0.3, -0.25) is 0 Å². The van der Waals surface area contributed by atoms with Crippen molar-refractivity contribution in [2.45, 2.75) is 20.3 Å². The summed E-state index contributed by atoms with van der Waals surface area (Å²) >= 11 is 0. The molecule has 0 saturated heterocycles. The average Bonchev–Trinajstić information content (AvgIpc) is 2.36. The van der Waals surface area contributed by atoms with Crippen LogP contribution in [0.1, 0.15) is 20.3 Å². The van der Waals surface area contributed by atoms with Gasteiger partial charge in [0, 0.05) is 24.2 Å². The number of hydrogen-bond acceptors (Lipinski definition) is 5. The smallest absolute Gasteiger partial charge is 0.137 e. The number of fused-ring (bicyclic) bond motifs is 1. The van der Waals surface area contributed by atoms with Crippen LogP contribution in [0.4, 0.5) is 11.5 Å². The lowest BCUT2D eigenvalue weighted by Gasteiger charge is -2.24. The fraction of sp³-hybridized carbons (Fsp3) is 0.429. The first-order chi connectivity index (χ1) is 9.02. The lowest BCUT2D eigenvalue weighted by atomic mass is 9.90. The van der Waals surface area contributed by atoms with E-state index in [0.29, 0.717) is 5.69 Å². The summed E-state index contributed by atoms with van der Waals surface area (Å²) in [6, 6.07) is 5.59. The van der Waals surface area contributed by atoms with Crippen LogP contribution < -0.4 is 11.1 Å². The van der Waals surface area contributed by atoms with Crippen molar-refractivity contribution in [3.8, 4) is 0 Å². The molecule has 0 aliphatic rings. The Morgan fingerprint density at radius 3 is 2.84 bits per heavy atom. The Labute approximate surface area is 112 Å². The number of anilines is 2. The van der Waals surface area contributed by atoms with Crippen molar-refractivity contribution in [1.82, 2.24) is 9.97 Å². The summed E-state index contributed by atoms with van der Waals surface area (Å²) in [5.41, 5.74) is 7.37. The number of nitrogen functional groups attached to an aromatic ring is 1. The maximum absolute atomic E-state index is 9.04. The first kappa shape index (κ1) is 13.5. The highest BCUT2D eigenvalue weighted by atomic mass is 16.3. The van der Waals surface area contributed by atoms with E-state index in [4.69, 9.17) is 10.8 Å². The third kappa shape index (κ3) is 3.32. The van der Waals surface area contributed by atoms with Gasteiger partial charge in [0.1, 0.15) is 12.1 Å². The largest absolute Gasteiger partial charge is 0.399 e. The van der Waals surface area contributed by atoms with E-state index in [2.05, 4.69) is 29.1 Å². The second-order valence-corrected chi connectivity index (χ2v) is 5.49. The van der Waals surface area contributed by atoms with Crippen molar-refractivity contribution < 1.29 is 5.11 Å². The highest BCUT2D eigenvalue weighted by Crippen LogP contribution is 2.24. The molecule has 0 atom stereocenters. The number of aliphatic hydroxyl groups is 1.